The molecule has 1 saturated carbocycles. The van der Waals surface area contributed by atoms with E-state index in [9.17, 15) is 9.59 Å². The normalized spacial score (nSPS) is 17.9. The van der Waals surface area contributed by atoms with Crippen LogP contribution in [-0.4, -0.2) is 29.7 Å². The van der Waals surface area contributed by atoms with Crippen LogP contribution in [0.2, 0.25) is 0 Å². The van der Waals surface area contributed by atoms with Gasteiger partial charge >= 0.3 is 12.0 Å². The third kappa shape index (κ3) is 4.55. The smallest absolute Gasteiger partial charge is 0.326 e. The predicted molar refractivity (Wildman–Crippen MR) is 69.4 cm³/mol. The fraction of sp³-hybridized carbons (Fsp3) is 0.846. The summed E-state index contributed by atoms with van der Waals surface area (Å²) in [6.45, 7) is 4.70. The van der Waals surface area contributed by atoms with Gasteiger partial charge in [0.2, 0.25) is 0 Å². The Balaban J connectivity index is 2.30. The van der Waals surface area contributed by atoms with E-state index < -0.39 is 12.0 Å². The highest BCUT2D eigenvalue weighted by atomic mass is 16.4. The molecule has 2 amide bonds. The fourth-order valence-corrected chi connectivity index (χ4v) is 2.25. The van der Waals surface area contributed by atoms with Gasteiger partial charge in [-0.1, -0.05) is 26.7 Å². The van der Waals surface area contributed by atoms with Crippen LogP contribution < -0.4 is 10.6 Å². The number of carboxylic acids is 1. The Morgan fingerprint density at radius 2 is 1.94 bits per heavy atom. The monoisotopic (exact) mass is 256 g/mol. The first kappa shape index (κ1) is 14.8. The molecule has 1 atom stereocenters. The van der Waals surface area contributed by atoms with Crippen molar-refractivity contribution in [3.63, 3.8) is 0 Å². The zero-order chi connectivity index (χ0) is 13.6. The van der Waals surface area contributed by atoms with Gasteiger partial charge in [-0.15, -0.1) is 0 Å². The van der Waals surface area contributed by atoms with Gasteiger partial charge in [0.15, 0.2) is 0 Å². The number of carbonyl (C=O) groups is 2. The maximum absolute atomic E-state index is 11.6. The van der Waals surface area contributed by atoms with Crippen LogP contribution in [0, 0.1) is 5.41 Å². The molecule has 3 N–H and O–H groups in total. The first-order valence-corrected chi connectivity index (χ1v) is 6.80. The molecule has 0 saturated heterocycles. The summed E-state index contributed by atoms with van der Waals surface area (Å²) in [4.78, 5) is 22.5. The molecular formula is C13H24N2O3. The zero-order valence-corrected chi connectivity index (χ0v) is 11.3. The van der Waals surface area contributed by atoms with Crippen LogP contribution in [0.3, 0.4) is 0 Å². The molecule has 5 nitrogen and oxygen atoms in total. The number of hydrogen-bond acceptors (Lipinski definition) is 2. The molecule has 5 heteroatoms. The second kappa shape index (κ2) is 6.61. The van der Waals surface area contributed by atoms with E-state index in [0.29, 0.717) is 13.0 Å². The molecule has 18 heavy (non-hydrogen) atoms. The lowest BCUT2D eigenvalue weighted by Crippen LogP contribution is -2.47. The van der Waals surface area contributed by atoms with Crippen molar-refractivity contribution >= 4 is 12.0 Å². The quantitative estimate of drug-likeness (QED) is 0.622. The van der Waals surface area contributed by atoms with E-state index in [1.807, 2.05) is 6.92 Å². The largest absolute Gasteiger partial charge is 0.480 e. The van der Waals surface area contributed by atoms with Gasteiger partial charge in [0.25, 0.3) is 0 Å². The lowest BCUT2D eigenvalue weighted by atomic mass is 10.0. The zero-order valence-electron chi connectivity index (χ0n) is 11.3. The number of carbonyl (C=O) groups excluding carboxylic acids is 1. The Bertz CT molecular complexity index is 301. The minimum absolute atomic E-state index is 0.287. The molecule has 0 aromatic rings. The van der Waals surface area contributed by atoms with E-state index in [-0.39, 0.29) is 11.4 Å². The number of urea groups is 1. The number of rotatable bonds is 8. The van der Waals surface area contributed by atoms with E-state index in [4.69, 9.17) is 5.11 Å². The van der Waals surface area contributed by atoms with E-state index in [0.717, 1.165) is 19.3 Å². The van der Waals surface area contributed by atoms with Gasteiger partial charge in [-0.05, 0) is 31.1 Å². The number of carboxylic acid groups (broad SMARTS) is 1. The van der Waals surface area contributed by atoms with Crippen molar-refractivity contribution in [3.05, 3.63) is 0 Å². The standard InChI is InChI=1S/C13H24N2O3/c1-3-5-10(11(16)17)15-12(18)14-9-13(6-4-2)7-8-13/h10H,3-9H2,1-2H3,(H,16,17)(H2,14,15,18)/t10-/m1/s1. The average molecular weight is 256 g/mol. The van der Waals surface area contributed by atoms with Gasteiger partial charge in [-0.2, -0.15) is 0 Å². The SMILES string of the molecule is CCC[C@@H](NC(=O)NCC1(CCC)CC1)C(=O)O. The van der Waals surface area contributed by atoms with Gasteiger partial charge in [0, 0.05) is 6.54 Å². The molecular weight excluding hydrogens is 232 g/mol. The second-order valence-electron chi connectivity index (χ2n) is 5.26. The van der Waals surface area contributed by atoms with E-state index in [1.54, 1.807) is 0 Å². The van der Waals surface area contributed by atoms with Crippen LogP contribution in [0.1, 0.15) is 52.4 Å². The van der Waals surface area contributed by atoms with Crippen molar-refractivity contribution in [2.75, 3.05) is 6.54 Å². The third-order valence-electron chi connectivity index (χ3n) is 3.54. The highest BCUT2D eigenvalue weighted by Crippen LogP contribution is 2.48. The number of aliphatic carboxylic acids is 1. The molecule has 1 aliphatic carbocycles. The van der Waals surface area contributed by atoms with Crippen LogP contribution in [0.15, 0.2) is 0 Å². The summed E-state index contributed by atoms with van der Waals surface area (Å²) in [6.07, 6.45) is 5.78. The van der Waals surface area contributed by atoms with Crippen LogP contribution >= 0.6 is 0 Å². The molecule has 0 aromatic carbocycles. The molecule has 1 fully saturated rings. The summed E-state index contributed by atoms with van der Waals surface area (Å²) < 4.78 is 0. The van der Waals surface area contributed by atoms with Crippen LogP contribution in [0.5, 0.6) is 0 Å². The van der Waals surface area contributed by atoms with E-state index in [2.05, 4.69) is 17.6 Å². The number of nitrogens with one attached hydrogen (secondary N) is 2. The van der Waals surface area contributed by atoms with Gasteiger partial charge in [-0.3, -0.25) is 0 Å². The summed E-state index contributed by atoms with van der Waals surface area (Å²) in [5, 5.41) is 14.2. The van der Waals surface area contributed by atoms with Gasteiger partial charge in [-0.25, -0.2) is 9.59 Å². The first-order valence-electron chi connectivity index (χ1n) is 6.80. The Morgan fingerprint density at radius 1 is 1.28 bits per heavy atom. The Kier molecular flexibility index (Phi) is 5.44. The molecule has 0 heterocycles. The van der Waals surface area contributed by atoms with Crippen molar-refractivity contribution in [1.29, 1.82) is 0 Å². The number of hydrogen-bond donors (Lipinski definition) is 3. The van der Waals surface area contributed by atoms with Crippen LogP contribution in [0.25, 0.3) is 0 Å². The number of amides is 2. The average Bonchev–Trinajstić information content (AvgIpc) is 3.07. The van der Waals surface area contributed by atoms with Crippen molar-refractivity contribution < 1.29 is 14.7 Å². The third-order valence-corrected chi connectivity index (χ3v) is 3.54. The van der Waals surface area contributed by atoms with Gasteiger partial charge < -0.3 is 15.7 Å². The summed E-state index contributed by atoms with van der Waals surface area (Å²) in [6, 6.07) is -1.14. The molecule has 1 rings (SSSR count). The molecule has 104 valence electrons. The predicted octanol–water partition coefficient (Wildman–Crippen LogP) is 2.12. The molecule has 0 radical (unpaired) electrons. The van der Waals surface area contributed by atoms with Crippen molar-refractivity contribution in [3.8, 4) is 0 Å². The lowest BCUT2D eigenvalue weighted by Gasteiger charge is -2.18. The second-order valence-corrected chi connectivity index (χ2v) is 5.26. The molecule has 1 aliphatic rings. The maximum Gasteiger partial charge on any atom is 0.326 e. The maximum atomic E-state index is 11.6. The Morgan fingerprint density at radius 3 is 2.39 bits per heavy atom. The molecule has 0 bridgehead atoms. The first-order chi connectivity index (χ1) is 8.53. The van der Waals surface area contributed by atoms with Crippen molar-refractivity contribution in [2.24, 2.45) is 5.41 Å². The van der Waals surface area contributed by atoms with Crippen molar-refractivity contribution in [2.45, 2.75) is 58.4 Å². The summed E-state index contributed by atoms with van der Waals surface area (Å²) >= 11 is 0. The summed E-state index contributed by atoms with van der Waals surface area (Å²) in [7, 11) is 0. The summed E-state index contributed by atoms with van der Waals surface area (Å²) in [5.41, 5.74) is 0.287. The fourth-order valence-electron chi connectivity index (χ4n) is 2.25. The van der Waals surface area contributed by atoms with Crippen LogP contribution in [-0.2, 0) is 4.79 Å². The molecule has 0 spiro atoms. The van der Waals surface area contributed by atoms with Gasteiger partial charge in [0.05, 0.1) is 0 Å². The van der Waals surface area contributed by atoms with E-state index >= 15 is 0 Å². The van der Waals surface area contributed by atoms with Crippen LogP contribution in [0.4, 0.5) is 4.79 Å². The Labute approximate surface area is 108 Å². The van der Waals surface area contributed by atoms with E-state index in [1.165, 1.54) is 12.8 Å². The topological polar surface area (TPSA) is 78.4 Å². The molecule has 0 aromatic heterocycles. The summed E-state index contributed by atoms with van der Waals surface area (Å²) in [5.74, 6) is -0.971. The lowest BCUT2D eigenvalue weighted by molar-refractivity contribution is -0.139. The molecule has 0 unspecified atom stereocenters. The van der Waals surface area contributed by atoms with Gasteiger partial charge in [0.1, 0.15) is 6.04 Å². The highest BCUT2D eigenvalue weighted by molar-refractivity contribution is 5.82. The highest BCUT2D eigenvalue weighted by Gasteiger charge is 2.41. The van der Waals surface area contributed by atoms with Crippen molar-refractivity contribution in [1.82, 2.24) is 10.6 Å². The minimum atomic E-state index is -0.971. The minimum Gasteiger partial charge on any atom is -0.480 e. The Hall–Kier alpha value is -1.26. The molecule has 0 aliphatic heterocycles.